The number of rotatable bonds is 3. The Kier molecular flexibility index (Phi) is 3.36. The van der Waals surface area contributed by atoms with Gasteiger partial charge in [-0.25, -0.2) is 4.98 Å². The first-order valence-corrected chi connectivity index (χ1v) is 6.77. The van der Waals surface area contributed by atoms with Crippen molar-refractivity contribution in [2.45, 2.75) is 25.4 Å². The topological polar surface area (TPSA) is 62.4 Å². The van der Waals surface area contributed by atoms with Gasteiger partial charge in [-0.2, -0.15) is 0 Å². The van der Waals surface area contributed by atoms with Gasteiger partial charge in [0.25, 0.3) is 0 Å². The zero-order valence-electron chi connectivity index (χ0n) is 10.9. The summed E-state index contributed by atoms with van der Waals surface area (Å²) in [6.45, 7) is 2.02. The van der Waals surface area contributed by atoms with E-state index in [1.807, 2.05) is 18.2 Å². The molecule has 4 nitrogen and oxygen atoms in total. The number of nitrogens with zero attached hydrogens (tertiary/aromatic N) is 2. The van der Waals surface area contributed by atoms with Crippen molar-refractivity contribution in [2.24, 2.45) is 0 Å². The van der Waals surface area contributed by atoms with Crippen molar-refractivity contribution in [3.05, 3.63) is 35.9 Å². The SMILES string of the molecule is Nc1nc2ccccc2cc1CN1CCCC1CO. The van der Waals surface area contributed by atoms with Gasteiger partial charge < -0.3 is 10.8 Å². The molecule has 0 saturated carbocycles. The van der Waals surface area contributed by atoms with E-state index in [1.54, 1.807) is 0 Å². The van der Waals surface area contributed by atoms with Crippen molar-refractivity contribution in [3.63, 3.8) is 0 Å². The lowest BCUT2D eigenvalue weighted by atomic mass is 10.1. The lowest BCUT2D eigenvalue weighted by molar-refractivity contribution is 0.154. The van der Waals surface area contributed by atoms with Crippen LogP contribution in [0.4, 0.5) is 5.82 Å². The van der Waals surface area contributed by atoms with Crippen LogP contribution in [-0.4, -0.2) is 34.2 Å². The Morgan fingerprint density at radius 2 is 2.21 bits per heavy atom. The quantitative estimate of drug-likeness (QED) is 0.879. The number of nitrogen functional groups attached to an aromatic ring is 1. The molecule has 3 N–H and O–H groups in total. The van der Waals surface area contributed by atoms with E-state index >= 15 is 0 Å². The molecule has 0 bridgehead atoms. The molecule has 1 aromatic heterocycles. The van der Waals surface area contributed by atoms with Gasteiger partial charge in [-0.1, -0.05) is 18.2 Å². The van der Waals surface area contributed by atoms with Gasteiger partial charge in [0.1, 0.15) is 5.82 Å². The zero-order valence-corrected chi connectivity index (χ0v) is 10.9. The number of aromatic nitrogens is 1. The maximum atomic E-state index is 9.37. The summed E-state index contributed by atoms with van der Waals surface area (Å²) >= 11 is 0. The van der Waals surface area contributed by atoms with Gasteiger partial charge in [0.05, 0.1) is 12.1 Å². The van der Waals surface area contributed by atoms with Crippen LogP contribution in [-0.2, 0) is 6.54 Å². The van der Waals surface area contributed by atoms with Crippen molar-refractivity contribution in [3.8, 4) is 0 Å². The molecule has 1 atom stereocenters. The molecule has 0 spiro atoms. The second-order valence-corrected chi connectivity index (χ2v) is 5.17. The highest BCUT2D eigenvalue weighted by Gasteiger charge is 2.24. The zero-order chi connectivity index (χ0) is 13.2. The smallest absolute Gasteiger partial charge is 0.128 e. The first kappa shape index (κ1) is 12.4. The average Bonchev–Trinajstić information content (AvgIpc) is 2.87. The number of aliphatic hydroxyl groups is 1. The van der Waals surface area contributed by atoms with Crippen LogP contribution in [0, 0.1) is 0 Å². The monoisotopic (exact) mass is 257 g/mol. The molecule has 19 heavy (non-hydrogen) atoms. The molecule has 1 fully saturated rings. The molecule has 100 valence electrons. The molecular weight excluding hydrogens is 238 g/mol. The third kappa shape index (κ3) is 2.41. The Balaban J connectivity index is 1.90. The third-order valence-electron chi connectivity index (χ3n) is 3.92. The van der Waals surface area contributed by atoms with E-state index in [9.17, 15) is 5.11 Å². The molecule has 0 radical (unpaired) electrons. The summed E-state index contributed by atoms with van der Waals surface area (Å²) in [4.78, 5) is 6.75. The maximum Gasteiger partial charge on any atom is 0.128 e. The molecule has 3 rings (SSSR count). The van der Waals surface area contributed by atoms with E-state index in [1.165, 1.54) is 0 Å². The molecule has 0 amide bonds. The van der Waals surface area contributed by atoms with Gasteiger partial charge in [0, 0.05) is 23.5 Å². The highest BCUT2D eigenvalue weighted by Crippen LogP contribution is 2.24. The van der Waals surface area contributed by atoms with E-state index < -0.39 is 0 Å². The van der Waals surface area contributed by atoms with Gasteiger partial charge in [0.2, 0.25) is 0 Å². The second-order valence-electron chi connectivity index (χ2n) is 5.17. The summed E-state index contributed by atoms with van der Waals surface area (Å²) < 4.78 is 0. The molecule has 1 aromatic carbocycles. The van der Waals surface area contributed by atoms with Crippen LogP contribution in [0.3, 0.4) is 0 Å². The third-order valence-corrected chi connectivity index (χ3v) is 3.92. The molecule has 1 unspecified atom stereocenters. The Labute approximate surface area is 112 Å². The molecule has 1 saturated heterocycles. The number of benzene rings is 1. The lowest BCUT2D eigenvalue weighted by Gasteiger charge is -2.23. The number of hydrogen-bond acceptors (Lipinski definition) is 4. The van der Waals surface area contributed by atoms with Crippen LogP contribution in [0.25, 0.3) is 10.9 Å². The van der Waals surface area contributed by atoms with Crippen molar-refractivity contribution >= 4 is 16.7 Å². The van der Waals surface area contributed by atoms with Gasteiger partial charge >= 0.3 is 0 Å². The van der Waals surface area contributed by atoms with Crippen LogP contribution in [0.15, 0.2) is 30.3 Å². The molecule has 0 aliphatic carbocycles. The summed E-state index contributed by atoms with van der Waals surface area (Å²) in [6, 6.07) is 10.4. The highest BCUT2D eigenvalue weighted by molar-refractivity contribution is 5.81. The first-order valence-electron chi connectivity index (χ1n) is 6.77. The summed E-state index contributed by atoms with van der Waals surface area (Å²) in [6.07, 6.45) is 2.21. The number of likely N-dealkylation sites (tertiary alicyclic amines) is 1. The Bertz CT molecular complexity index is 585. The second kappa shape index (κ2) is 5.15. The van der Waals surface area contributed by atoms with Crippen LogP contribution in [0.2, 0.25) is 0 Å². The van der Waals surface area contributed by atoms with Crippen LogP contribution < -0.4 is 5.73 Å². The number of aliphatic hydroxyl groups excluding tert-OH is 1. The standard InChI is InChI=1S/C15H19N3O/c16-15-12(9-18-7-3-5-13(18)10-19)8-11-4-1-2-6-14(11)17-15/h1-2,4,6,8,13,19H,3,5,7,9-10H2,(H2,16,17). The fourth-order valence-corrected chi connectivity index (χ4v) is 2.83. The minimum atomic E-state index is 0.223. The Morgan fingerprint density at radius 1 is 1.37 bits per heavy atom. The Hall–Kier alpha value is -1.65. The largest absolute Gasteiger partial charge is 0.395 e. The van der Waals surface area contributed by atoms with Crippen LogP contribution in [0.1, 0.15) is 18.4 Å². The fraction of sp³-hybridized carbons (Fsp3) is 0.400. The van der Waals surface area contributed by atoms with Crippen molar-refractivity contribution in [2.75, 3.05) is 18.9 Å². The Morgan fingerprint density at radius 3 is 3.05 bits per heavy atom. The normalized spacial score (nSPS) is 20.2. The van der Waals surface area contributed by atoms with E-state index in [2.05, 4.69) is 22.0 Å². The molecule has 1 aliphatic heterocycles. The van der Waals surface area contributed by atoms with Crippen molar-refractivity contribution in [1.82, 2.24) is 9.88 Å². The molecule has 2 heterocycles. The molecule has 2 aromatic rings. The number of anilines is 1. The van der Waals surface area contributed by atoms with Crippen LogP contribution >= 0.6 is 0 Å². The minimum absolute atomic E-state index is 0.223. The van der Waals surface area contributed by atoms with Crippen LogP contribution in [0.5, 0.6) is 0 Å². The van der Waals surface area contributed by atoms with Gasteiger partial charge in [-0.3, -0.25) is 4.90 Å². The van der Waals surface area contributed by atoms with Crippen molar-refractivity contribution in [1.29, 1.82) is 0 Å². The first-order chi connectivity index (χ1) is 9.28. The minimum Gasteiger partial charge on any atom is -0.395 e. The number of nitrogens with two attached hydrogens (primary N) is 1. The predicted octanol–water partition coefficient (Wildman–Crippen LogP) is 1.77. The fourth-order valence-electron chi connectivity index (χ4n) is 2.83. The van der Waals surface area contributed by atoms with Gasteiger partial charge in [0.15, 0.2) is 0 Å². The molecule has 1 aliphatic rings. The number of para-hydroxylation sites is 1. The number of hydrogen-bond donors (Lipinski definition) is 2. The summed E-state index contributed by atoms with van der Waals surface area (Å²) in [5.74, 6) is 0.599. The summed E-state index contributed by atoms with van der Waals surface area (Å²) in [5.41, 5.74) is 8.04. The lowest BCUT2D eigenvalue weighted by Crippen LogP contribution is -2.31. The molecular formula is C15H19N3O. The predicted molar refractivity (Wildman–Crippen MR) is 76.7 cm³/mol. The highest BCUT2D eigenvalue weighted by atomic mass is 16.3. The maximum absolute atomic E-state index is 9.37. The van der Waals surface area contributed by atoms with Gasteiger partial charge in [-0.15, -0.1) is 0 Å². The van der Waals surface area contributed by atoms with E-state index in [-0.39, 0.29) is 12.6 Å². The van der Waals surface area contributed by atoms with Crippen molar-refractivity contribution < 1.29 is 5.11 Å². The molecule has 4 heteroatoms. The van der Waals surface area contributed by atoms with Gasteiger partial charge in [-0.05, 0) is 31.5 Å². The van der Waals surface area contributed by atoms with E-state index in [4.69, 9.17) is 5.73 Å². The number of pyridine rings is 1. The van der Waals surface area contributed by atoms with E-state index in [0.717, 1.165) is 42.4 Å². The average molecular weight is 257 g/mol. The summed E-state index contributed by atoms with van der Waals surface area (Å²) in [7, 11) is 0. The number of fused-ring (bicyclic) bond motifs is 1. The summed E-state index contributed by atoms with van der Waals surface area (Å²) in [5, 5.41) is 10.5. The van der Waals surface area contributed by atoms with E-state index in [0.29, 0.717) is 5.82 Å².